The fourth-order valence-corrected chi connectivity index (χ4v) is 9.73. The fraction of sp³-hybridized carbons (Fsp3) is 1.00. The van der Waals surface area contributed by atoms with E-state index in [4.69, 9.17) is 4.74 Å². The molecule has 1 heterocycles. The summed E-state index contributed by atoms with van der Waals surface area (Å²) >= 11 is 0. The molecule has 2 saturated carbocycles. The van der Waals surface area contributed by atoms with Crippen LogP contribution in [0.25, 0.3) is 0 Å². The third-order valence-electron chi connectivity index (χ3n) is 8.29. The molecule has 7 heteroatoms. The van der Waals surface area contributed by atoms with E-state index < -0.39 is 26.4 Å². The quantitative estimate of drug-likeness (QED) is 0.721. The molecule has 0 amide bonds. The lowest BCUT2D eigenvalue weighted by Gasteiger charge is -2.56. The van der Waals surface area contributed by atoms with Crippen molar-refractivity contribution in [1.82, 2.24) is 9.21 Å². The Balaban J connectivity index is 2.11. The number of sulfonamides is 1. The average Bonchev–Trinajstić information content (AvgIpc) is 2.95. The number of fused-ring (bicyclic) bond motifs is 2. The van der Waals surface area contributed by atoms with E-state index in [1.165, 1.54) is 0 Å². The van der Waals surface area contributed by atoms with E-state index in [1.54, 1.807) is 4.31 Å². The zero-order valence-corrected chi connectivity index (χ0v) is 19.6. The number of ether oxygens (including phenoxy) is 1. The molecule has 2 aliphatic carbocycles. The number of morpholine rings is 1. The highest BCUT2D eigenvalue weighted by Crippen LogP contribution is 2.72. The minimum absolute atomic E-state index is 0.109. The molecule has 28 heavy (non-hydrogen) atoms. The second kappa shape index (κ2) is 7.19. The minimum atomic E-state index is -3.59. The highest BCUT2D eigenvalue weighted by molar-refractivity contribution is 7.89. The molecule has 1 saturated heterocycles. The molecule has 1 N–H and O–H groups in total. The van der Waals surface area contributed by atoms with E-state index in [1.807, 2.05) is 34.6 Å². The standard InChI is InChI=1S/C21H40N2O4S/c1-15(2)23(16(3)4)28(25,26)17(5)20-9-8-18(19(20,6)7)14-21(20,24)22-10-12-27-13-11-22/h15-18,24H,8-14H2,1-7H3/t17?,18?,20?,21-/m1/s1. The molecule has 0 aromatic heterocycles. The molecular weight excluding hydrogens is 376 g/mol. The lowest BCUT2D eigenvalue weighted by molar-refractivity contribution is -0.219. The van der Waals surface area contributed by atoms with Crippen molar-refractivity contribution in [3.8, 4) is 0 Å². The van der Waals surface area contributed by atoms with E-state index in [0.29, 0.717) is 38.6 Å². The second-order valence-corrected chi connectivity index (χ2v) is 12.4. The van der Waals surface area contributed by atoms with Crippen molar-refractivity contribution in [2.24, 2.45) is 16.7 Å². The molecule has 164 valence electrons. The van der Waals surface area contributed by atoms with Gasteiger partial charge in [0.15, 0.2) is 0 Å². The first-order valence-electron chi connectivity index (χ1n) is 10.9. The molecular formula is C21H40N2O4S. The van der Waals surface area contributed by atoms with Gasteiger partial charge in [0.1, 0.15) is 5.72 Å². The Morgan fingerprint density at radius 2 is 1.61 bits per heavy atom. The van der Waals surface area contributed by atoms with Crippen LogP contribution in [0.15, 0.2) is 0 Å². The number of aliphatic hydroxyl groups is 1. The minimum Gasteiger partial charge on any atom is -0.379 e. The van der Waals surface area contributed by atoms with Crippen LogP contribution >= 0.6 is 0 Å². The van der Waals surface area contributed by atoms with Crippen molar-refractivity contribution in [1.29, 1.82) is 0 Å². The highest BCUT2D eigenvalue weighted by atomic mass is 32.2. The van der Waals surface area contributed by atoms with Crippen molar-refractivity contribution < 1.29 is 18.3 Å². The summed E-state index contributed by atoms with van der Waals surface area (Å²) in [6.07, 6.45) is 2.40. The van der Waals surface area contributed by atoms with Crippen LogP contribution in [0.5, 0.6) is 0 Å². The smallest absolute Gasteiger partial charge is 0.217 e. The topological polar surface area (TPSA) is 70.1 Å². The third-order valence-corrected chi connectivity index (χ3v) is 11.0. The molecule has 2 bridgehead atoms. The Bertz CT molecular complexity index is 679. The van der Waals surface area contributed by atoms with Gasteiger partial charge in [-0.1, -0.05) is 13.8 Å². The van der Waals surface area contributed by atoms with E-state index in [9.17, 15) is 13.5 Å². The van der Waals surface area contributed by atoms with Crippen LogP contribution in [0.4, 0.5) is 0 Å². The predicted octanol–water partition coefficient (Wildman–Crippen LogP) is 2.67. The van der Waals surface area contributed by atoms with Gasteiger partial charge in [-0.15, -0.1) is 0 Å². The van der Waals surface area contributed by atoms with Crippen LogP contribution in [-0.4, -0.2) is 72.1 Å². The molecule has 0 aromatic rings. The molecule has 6 nitrogen and oxygen atoms in total. The van der Waals surface area contributed by atoms with E-state index in [-0.39, 0.29) is 17.5 Å². The zero-order valence-electron chi connectivity index (χ0n) is 18.7. The Labute approximate surface area is 171 Å². The maximum atomic E-state index is 13.9. The van der Waals surface area contributed by atoms with Crippen molar-refractivity contribution in [3.05, 3.63) is 0 Å². The largest absolute Gasteiger partial charge is 0.379 e. The first kappa shape index (κ1) is 22.5. The van der Waals surface area contributed by atoms with Crippen LogP contribution in [0.1, 0.15) is 67.7 Å². The fourth-order valence-electron chi connectivity index (χ4n) is 7.07. The van der Waals surface area contributed by atoms with Crippen molar-refractivity contribution >= 4 is 10.0 Å². The lowest BCUT2D eigenvalue weighted by Crippen LogP contribution is -2.68. The number of hydrogen-bond acceptors (Lipinski definition) is 5. The van der Waals surface area contributed by atoms with Gasteiger partial charge in [-0.05, 0) is 65.2 Å². The van der Waals surface area contributed by atoms with E-state index >= 15 is 0 Å². The molecule has 3 unspecified atom stereocenters. The normalized spacial score (nSPS) is 37.3. The maximum Gasteiger partial charge on any atom is 0.217 e. The number of nitrogens with zero attached hydrogens (tertiary/aromatic N) is 2. The number of hydrogen-bond donors (Lipinski definition) is 1. The number of rotatable bonds is 6. The molecule has 0 aromatic carbocycles. The van der Waals surface area contributed by atoms with Crippen LogP contribution in [0, 0.1) is 16.7 Å². The average molecular weight is 417 g/mol. The third kappa shape index (κ3) is 2.83. The van der Waals surface area contributed by atoms with Crippen molar-refractivity contribution in [2.45, 2.75) is 90.8 Å². The Morgan fingerprint density at radius 1 is 1.07 bits per heavy atom. The molecule has 0 spiro atoms. The first-order chi connectivity index (χ1) is 12.8. The van der Waals surface area contributed by atoms with Gasteiger partial charge in [0.05, 0.1) is 18.5 Å². The second-order valence-electron chi connectivity index (χ2n) is 10.3. The first-order valence-corrected chi connectivity index (χ1v) is 12.4. The van der Waals surface area contributed by atoms with Gasteiger partial charge in [0.2, 0.25) is 10.0 Å². The summed E-state index contributed by atoms with van der Waals surface area (Å²) in [6, 6.07) is -0.218. The van der Waals surface area contributed by atoms with E-state index in [0.717, 1.165) is 12.8 Å². The van der Waals surface area contributed by atoms with Gasteiger partial charge in [0.25, 0.3) is 0 Å². The maximum absolute atomic E-state index is 13.9. The Kier molecular flexibility index (Phi) is 5.77. The van der Waals surface area contributed by atoms with Gasteiger partial charge in [-0.25, -0.2) is 8.42 Å². The summed E-state index contributed by atoms with van der Waals surface area (Å²) in [6.45, 7) is 16.5. The Hall–Kier alpha value is -0.210. The summed E-state index contributed by atoms with van der Waals surface area (Å²) in [5, 5.41) is 11.5. The predicted molar refractivity (Wildman–Crippen MR) is 111 cm³/mol. The molecule has 4 atom stereocenters. The van der Waals surface area contributed by atoms with Gasteiger partial charge in [-0.2, -0.15) is 4.31 Å². The molecule has 3 aliphatic rings. The lowest BCUT2D eigenvalue weighted by atomic mass is 9.63. The Morgan fingerprint density at radius 3 is 2.07 bits per heavy atom. The summed E-state index contributed by atoms with van der Waals surface area (Å²) in [5.74, 6) is 0.338. The molecule has 3 rings (SSSR count). The van der Waals surface area contributed by atoms with Crippen LogP contribution in [-0.2, 0) is 14.8 Å². The molecule has 3 fully saturated rings. The summed E-state index contributed by atoms with van der Waals surface area (Å²) in [5.41, 5.74) is -2.04. The van der Waals surface area contributed by atoms with Gasteiger partial charge in [0, 0.05) is 30.6 Å². The van der Waals surface area contributed by atoms with Gasteiger partial charge in [-0.3, -0.25) is 4.90 Å². The molecule has 1 aliphatic heterocycles. The van der Waals surface area contributed by atoms with Crippen molar-refractivity contribution in [3.63, 3.8) is 0 Å². The monoisotopic (exact) mass is 416 g/mol. The SMILES string of the molecule is CC(C)N(C(C)C)S(=O)(=O)C(C)C12CCC(C[C@]1(O)N1CCOCC1)C2(C)C. The van der Waals surface area contributed by atoms with Crippen LogP contribution in [0.3, 0.4) is 0 Å². The van der Waals surface area contributed by atoms with E-state index in [2.05, 4.69) is 18.7 Å². The van der Waals surface area contributed by atoms with Gasteiger partial charge < -0.3 is 9.84 Å². The highest BCUT2D eigenvalue weighted by Gasteiger charge is 2.76. The summed E-state index contributed by atoms with van der Waals surface area (Å²) in [4.78, 5) is 2.12. The van der Waals surface area contributed by atoms with Crippen molar-refractivity contribution in [2.75, 3.05) is 26.3 Å². The van der Waals surface area contributed by atoms with Gasteiger partial charge >= 0.3 is 0 Å². The van der Waals surface area contributed by atoms with Crippen LogP contribution < -0.4 is 0 Å². The van der Waals surface area contributed by atoms with Crippen LogP contribution in [0.2, 0.25) is 0 Å². The summed E-state index contributed by atoms with van der Waals surface area (Å²) < 4.78 is 35.0. The molecule has 0 radical (unpaired) electrons. The zero-order chi connectivity index (χ0) is 21.1. The summed E-state index contributed by atoms with van der Waals surface area (Å²) in [7, 11) is -3.59.